The smallest absolute Gasteiger partial charge is 0.0540 e. The molecule has 0 aromatic heterocycles. The zero-order valence-electron chi connectivity index (χ0n) is 24.7. The Balaban J connectivity index is 1.20. The summed E-state index contributed by atoms with van der Waals surface area (Å²) in [6.45, 7) is 0. The van der Waals surface area contributed by atoms with Crippen LogP contribution in [0, 0.1) is 0 Å². The van der Waals surface area contributed by atoms with E-state index in [4.69, 9.17) is 0 Å². The molecule has 8 aromatic carbocycles. The van der Waals surface area contributed by atoms with Crippen LogP contribution in [0.2, 0.25) is 0 Å². The van der Waals surface area contributed by atoms with Crippen molar-refractivity contribution in [1.82, 2.24) is 0 Å². The van der Waals surface area contributed by atoms with Crippen LogP contribution >= 0.6 is 0 Å². The second-order valence-corrected chi connectivity index (χ2v) is 11.8. The van der Waals surface area contributed by atoms with Crippen molar-refractivity contribution in [1.29, 1.82) is 0 Å². The van der Waals surface area contributed by atoms with Crippen LogP contribution in [0.3, 0.4) is 0 Å². The Kier molecular flexibility index (Phi) is 5.89. The first-order chi connectivity index (χ1) is 22.3. The van der Waals surface area contributed by atoms with Crippen molar-refractivity contribution in [2.45, 2.75) is 0 Å². The van der Waals surface area contributed by atoms with Gasteiger partial charge >= 0.3 is 0 Å². The van der Waals surface area contributed by atoms with Gasteiger partial charge in [-0.05, 0) is 115 Å². The van der Waals surface area contributed by atoms with Crippen molar-refractivity contribution in [3.05, 3.63) is 176 Å². The van der Waals surface area contributed by atoms with E-state index >= 15 is 0 Å². The van der Waals surface area contributed by atoms with E-state index in [0.717, 1.165) is 11.4 Å². The zero-order chi connectivity index (χ0) is 29.7. The van der Waals surface area contributed by atoms with Gasteiger partial charge in [-0.3, -0.25) is 0 Å². The van der Waals surface area contributed by atoms with Gasteiger partial charge in [-0.2, -0.15) is 0 Å². The molecule has 45 heavy (non-hydrogen) atoms. The molecule has 0 amide bonds. The highest BCUT2D eigenvalue weighted by Crippen LogP contribution is 2.52. The molecule has 1 aliphatic carbocycles. The predicted octanol–water partition coefficient (Wildman–Crippen LogP) is 12.4. The van der Waals surface area contributed by atoms with E-state index in [1.165, 1.54) is 71.7 Å². The first-order valence-corrected chi connectivity index (χ1v) is 15.5. The van der Waals surface area contributed by atoms with Gasteiger partial charge in [-0.15, -0.1) is 0 Å². The number of nitrogens with zero attached hydrogens (tertiary/aromatic N) is 1. The van der Waals surface area contributed by atoms with Gasteiger partial charge in [0.05, 0.1) is 5.69 Å². The standard InChI is InChI=1S/C44H29N/c1-3-10-30(11-4-1)32-18-22-37(23-19-32)45(38-24-20-33(21-25-38)31-12-5-2-6-13-31)44-17-9-16-36-28-42-40-26-34-14-7-8-15-35(34)27-41(40)43(42)29-39(36)44/h1-29H. The van der Waals surface area contributed by atoms with E-state index in [1.54, 1.807) is 0 Å². The predicted molar refractivity (Wildman–Crippen MR) is 191 cm³/mol. The lowest BCUT2D eigenvalue weighted by molar-refractivity contribution is 1.30. The third kappa shape index (κ3) is 4.32. The average Bonchev–Trinajstić information content (AvgIpc) is 3.12. The average molecular weight is 572 g/mol. The zero-order valence-corrected chi connectivity index (χ0v) is 24.7. The fraction of sp³-hybridized carbons (Fsp3) is 0. The summed E-state index contributed by atoms with van der Waals surface area (Å²) in [6.07, 6.45) is 0. The number of rotatable bonds is 5. The van der Waals surface area contributed by atoms with Crippen LogP contribution in [-0.4, -0.2) is 0 Å². The molecular formula is C44H29N. The van der Waals surface area contributed by atoms with Crippen molar-refractivity contribution in [2.24, 2.45) is 0 Å². The highest BCUT2D eigenvalue weighted by atomic mass is 15.1. The fourth-order valence-corrected chi connectivity index (χ4v) is 6.87. The largest absolute Gasteiger partial charge is 0.310 e. The molecule has 0 saturated heterocycles. The van der Waals surface area contributed by atoms with E-state index in [9.17, 15) is 0 Å². The van der Waals surface area contributed by atoms with Gasteiger partial charge in [0.25, 0.3) is 0 Å². The molecule has 210 valence electrons. The molecular weight excluding hydrogens is 542 g/mol. The molecule has 0 spiro atoms. The summed E-state index contributed by atoms with van der Waals surface area (Å²) in [5.41, 5.74) is 13.6. The minimum atomic E-state index is 1.13. The molecule has 0 aliphatic heterocycles. The molecule has 0 saturated carbocycles. The summed E-state index contributed by atoms with van der Waals surface area (Å²) in [7, 11) is 0. The van der Waals surface area contributed by atoms with Gasteiger partial charge in [0.15, 0.2) is 0 Å². The SMILES string of the molecule is c1ccc(-c2ccc(N(c3ccc(-c4ccccc4)cc3)c3cccc4cc5c(cc34)-c3cc4ccccc4cc3-5)cc2)cc1. The molecule has 0 fully saturated rings. The lowest BCUT2D eigenvalue weighted by Crippen LogP contribution is -2.11. The van der Waals surface area contributed by atoms with Crippen molar-refractivity contribution in [2.75, 3.05) is 4.90 Å². The first kappa shape index (κ1) is 25.6. The summed E-state index contributed by atoms with van der Waals surface area (Å²) in [6, 6.07) is 63.9. The normalized spacial score (nSPS) is 11.6. The molecule has 1 heteroatoms. The van der Waals surface area contributed by atoms with Crippen LogP contribution in [0.1, 0.15) is 0 Å². The molecule has 0 heterocycles. The van der Waals surface area contributed by atoms with Gasteiger partial charge in [-0.1, -0.05) is 121 Å². The van der Waals surface area contributed by atoms with E-state index < -0.39 is 0 Å². The topological polar surface area (TPSA) is 3.24 Å². The van der Waals surface area contributed by atoms with Crippen LogP contribution in [0.4, 0.5) is 17.1 Å². The Bertz CT molecular complexity index is 2250. The molecule has 1 nitrogen and oxygen atoms in total. The number of anilines is 3. The Labute approximate surface area is 263 Å². The third-order valence-corrected chi connectivity index (χ3v) is 9.17. The van der Waals surface area contributed by atoms with Crippen molar-refractivity contribution >= 4 is 38.6 Å². The Hall–Kier alpha value is -5.92. The third-order valence-electron chi connectivity index (χ3n) is 9.17. The Morgan fingerprint density at radius 1 is 0.289 bits per heavy atom. The number of hydrogen-bond donors (Lipinski definition) is 0. The van der Waals surface area contributed by atoms with Crippen LogP contribution in [0.15, 0.2) is 176 Å². The minimum absolute atomic E-state index is 1.13. The van der Waals surface area contributed by atoms with E-state index in [1.807, 2.05) is 0 Å². The molecule has 8 aromatic rings. The van der Waals surface area contributed by atoms with Crippen LogP contribution in [0.5, 0.6) is 0 Å². The minimum Gasteiger partial charge on any atom is -0.310 e. The Morgan fingerprint density at radius 2 is 0.689 bits per heavy atom. The summed E-state index contributed by atoms with van der Waals surface area (Å²) in [5.74, 6) is 0. The monoisotopic (exact) mass is 571 g/mol. The van der Waals surface area contributed by atoms with Gasteiger partial charge in [0.2, 0.25) is 0 Å². The maximum Gasteiger partial charge on any atom is 0.0540 e. The quantitative estimate of drug-likeness (QED) is 0.199. The van der Waals surface area contributed by atoms with Gasteiger partial charge in [0, 0.05) is 16.8 Å². The number of fused-ring (bicyclic) bond motifs is 6. The molecule has 0 N–H and O–H groups in total. The maximum atomic E-state index is 2.40. The lowest BCUT2D eigenvalue weighted by atomic mass is 9.78. The second-order valence-electron chi connectivity index (χ2n) is 11.8. The van der Waals surface area contributed by atoms with E-state index in [2.05, 4.69) is 181 Å². The second kappa shape index (κ2) is 10.4. The van der Waals surface area contributed by atoms with Crippen molar-refractivity contribution in [3.8, 4) is 44.5 Å². The number of benzene rings is 8. The van der Waals surface area contributed by atoms with Crippen LogP contribution < -0.4 is 4.90 Å². The molecule has 0 radical (unpaired) electrons. The highest BCUT2D eigenvalue weighted by molar-refractivity contribution is 6.14. The summed E-state index contributed by atoms with van der Waals surface area (Å²) in [4.78, 5) is 2.40. The summed E-state index contributed by atoms with van der Waals surface area (Å²) >= 11 is 0. The van der Waals surface area contributed by atoms with Crippen molar-refractivity contribution < 1.29 is 0 Å². The molecule has 0 unspecified atom stereocenters. The van der Waals surface area contributed by atoms with Gasteiger partial charge < -0.3 is 4.90 Å². The van der Waals surface area contributed by atoms with E-state index in [-0.39, 0.29) is 0 Å². The summed E-state index contributed by atoms with van der Waals surface area (Å²) < 4.78 is 0. The summed E-state index contributed by atoms with van der Waals surface area (Å²) in [5, 5.41) is 5.07. The molecule has 0 bridgehead atoms. The molecule has 0 atom stereocenters. The Morgan fingerprint density at radius 3 is 1.20 bits per heavy atom. The molecule has 1 aliphatic rings. The van der Waals surface area contributed by atoms with Gasteiger partial charge in [0.1, 0.15) is 0 Å². The van der Waals surface area contributed by atoms with Crippen LogP contribution in [0.25, 0.3) is 66.1 Å². The molecule has 9 rings (SSSR count). The van der Waals surface area contributed by atoms with Crippen molar-refractivity contribution in [3.63, 3.8) is 0 Å². The maximum absolute atomic E-state index is 2.40. The van der Waals surface area contributed by atoms with E-state index in [0.29, 0.717) is 0 Å². The number of hydrogen-bond acceptors (Lipinski definition) is 1. The lowest BCUT2D eigenvalue weighted by Gasteiger charge is -2.30. The highest BCUT2D eigenvalue weighted by Gasteiger charge is 2.25. The van der Waals surface area contributed by atoms with Gasteiger partial charge in [-0.25, -0.2) is 0 Å². The fourth-order valence-electron chi connectivity index (χ4n) is 6.87. The first-order valence-electron chi connectivity index (χ1n) is 15.5. The van der Waals surface area contributed by atoms with Crippen LogP contribution in [-0.2, 0) is 0 Å².